The number of carbonyl (C=O) groups is 1. The smallest absolute Gasteiger partial charge is 0.276 e. The van der Waals surface area contributed by atoms with Gasteiger partial charge >= 0.3 is 0 Å². The molecule has 0 aromatic heterocycles. The van der Waals surface area contributed by atoms with E-state index in [1.54, 1.807) is 6.07 Å². The van der Waals surface area contributed by atoms with E-state index in [9.17, 15) is 4.79 Å². The number of nitrogens with one attached hydrogen (secondary N) is 3. The number of ether oxygens (including phenoxy) is 1. The zero-order valence-corrected chi connectivity index (χ0v) is 14.2. The molecule has 5 nitrogen and oxygen atoms in total. The first-order chi connectivity index (χ1) is 9.43. The van der Waals surface area contributed by atoms with E-state index >= 15 is 0 Å². The van der Waals surface area contributed by atoms with Crippen molar-refractivity contribution in [2.24, 2.45) is 0 Å². The SMILES string of the molecule is CCNC(=S)NNC(=O)COc1c(C)cc(Br)cc1Cl. The number of aryl methyl sites for hydroxylation is 1. The van der Waals surface area contributed by atoms with Crippen LogP contribution in [0.15, 0.2) is 16.6 Å². The van der Waals surface area contributed by atoms with Gasteiger partial charge in [0, 0.05) is 11.0 Å². The molecule has 0 spiro atoms. The summed E-state index contributed by atoms with van der Waals surface area (Å²) in [5.41, 5.74) is 5.82. The van der Waals surface area contributed by atoms with E-state index in [4.69, 9.17) is 28.6 Å². The van der Waals surface area contributed by atoms with E-state index in [-0.39, 0.29) is 12.5 Å². The van der Waals surface area contributed by atoms with Crippen LogP contribution in [0.5, 0.6) is 5.75 Å². The van der Waals surface area contributed by atoms with Crippen LogP contribution in [0.25, 0.3) is 0 Å². The predicted molar refractivity (Wildman–Crippen MR) is 86.9 cm³/mol. The Morgan fingerprint density at radius 1 is 1.45 bits per heavy atom. The molecule has 3 N–H and O–H groups in total. The maximum Gasteiger partial charge on any atom is 0.276 e. The quantitative estimate of drug-likeness (QED) is 0.553. The zero-order valence-electron chi connectivity index (χ0n) is 11.0. The topological polar surface area (TPSA) is 62.4 Å². The normalized spacial score (nSPS) is 9.80. The lowest BCUT2D eigenvalue weighted by Crippen LogP contribution is -2.48. The Morgan fingerprint density at radius 2 is 2.15 bits per heavy atom. The summed E-state index contributed by atoms with van der Waals surface area (Å²) in [7, 11) is 0. The number of thiocarbonyl (C=S) groups is 1. The van der Waals surface area contributed by atoms with Crippen molar-refractivity contribution in [2.75, 3.05) is 13.2 Å². The van der Waals surface area contributed by atoms with Gasteiger partial charge in [-0.05, 0) is 43.8 Å². The Bertz CT molecular complexity index is 490. The van der Waals surface area contributed by atoms with Crippen LogP contribution in [0.3, 0.4) is 0 Å². The second kappa shape index (κ2) is 8.28. The molecule has 1 aromatic carbocycles. The summed E-state index contributed by atoms with van der Waals surface area (Å²) >= 11 is 14.3. The lowest BCUT2D eigenvalue weighted by molar-refractivity contribution is -0.123. The lowest BCUT2D eigenvalue weighted by atomic mass is 10.2. The molecule has 8 heteroatoms. The summed E-state index contributed by atoms with van der Waals surface area (Å²) in [6, 6.07) is 3.57. The maximum atomic E-state index is 11.6. The van der Waals surface area contributed by atoms with Gasteiger partial charge in [0.1, 0.15) is 5.75 Å². The van der Waals surface area contributed by atoms with Gasteiger partial charge in [-0.2, -0.15) is 0 Å². The van der Waals surface area contributed by atoms with Gasteiger partial charge in [-0.25, -0.2) is 0 Å². The molecule has 0 saturated heterocycles. The van der Waals surface area contributed by atoms with E-state index in [2.05, 4.69) is 32.1 Å². The van der Waals surface area contributed by atoms with Crippen LogP contribution in [0.1, 0.15) is 12.5 Å². The van der Waals surface area contributed by atoms with Crippen molar-refractivity contribution < 1.29 is 9.53 Å². The van der Waals surface area contributed by atoms with Crippen molar-refractivity contribution >= 4 is 50.8 Å². The van der Waals surface area contributed by atoms with E-state index in [0.717, 1.165) is 10.0 Å². The van der Waals surface area contributed by atoms with E-state index in [1.165, 1.54) is 0 Å². The Hall–Kier alpha value is -1.05. The number of amides is 1. The minimum atomic E-state index is -0.358. The molecular weight excluding hydrogens is 366 g/mol. The van der Waals surface area contributed by atoms with Gasteiger partial charge < -0.3 is 10.1 Å². The van der Waals surface area contributed by atoms with Gasteiger partial charge in [-0.1, -0.05) is 27.5 Å². The molecule has 110 valence electrons. The second-order valence-corrected chi connectivity index (χ2v) is 5.59. The average molecular weight is 381 g/mol. The first-order valence-corrected chi connectivity index (χ1v) is 7.43. The van der Waals surface area contributed by atoms with Crippen molar-refractivity contribution in [1.82, 2.24) is 16.2 Å². The van der Waals surface area contributed by atoms with Gasteiger partial charge in [0.05, 0.1) is 5.02 Å². The van der Waals surface area contributed by atoms with Crippen LogP contribution in [-0.2, 0) is 4.79 Å². The monoisotopic (exact) mass is 379 g/mol. The Kier molecular flexibility index (Phi) is 7.04. The van der Waals surface area contributed by atoms with Crippen molar-refractivity contribution in [1.29, 1.82) is 0 Å². The van der Waals surface area contributed by atoms with Crippen LogP contribution in [0.2, 0.25) is 5.02 Å². The Morgan fingerprint density at radius 3 is 2.75 bits per heavy atom. The third-order valence-electron chi connectivity index (χ3n) is 2.19. The summed E-state index contributed by atoms with van der Waals surface area (Å²) in [5, 5.41) is 3.63. The fourth-order valence-electron chi connectivity index (χ4n) is 1.38. The first kappa shape index (κ1) is 17.0. The number of halogens is 2. The summed E-state index contributed by atoms with van der Waals surface area (Å²) in [5.74, 6) is 0.128. The van der Waals surface area contributed by atoms with Crippen molar-refractivity contribution in [3.63, 3.8) is 0 Å². The van der Waals surface area contributed by atoms with Crippen LogP contribution < -0.4 is 20.9 Å². The van der Waals surface area contributed by atoms with Gasteiger partial charge in [0.15, 0.2) is 11.7 Å². The number of carbonyl (C=O) groups excluding carboxylic acids is 1. The standard InChI is InChI=1S/C12H15BrClN3O2S/c1-3-15-12(20)17-16-10(18)6-19-11-7(2)4-8(13)5-9(11)14/h4-5H,3,6H2,1-2H3,(H,16,18)(H2,15,17,20). The van der Waals surface area contributed by atoms with Crippen LogP contribution >= 0.6 is 39.7 Å². The Balaban J connectivity index is 2.47. The highest BCUT2D eigenvalue weighted by atomic mass is 79.9. The molecule has 0 radical (unpaired) electrons. The molecule has 0 aliphatic rings. The van der Waals surface area contributed by atoms with Crippen LogP contribution in [-0.4, -0.2) is 24.2 Å². The fourth-order valence-corrected chi connectivity index (χ4v) is 2.60. The molecule has 0 atom stereocenters. The summed E-state index contributed by atoms with van der Waals surface area (Å²) in [4.78, 5) is 11.6. The molecule has 0 fully saturated rings. The van der Waals surface area contributed by atoms with Gasteiger partial charge in [-0.15, -0.1) is 0 Å². The molecular formula is C12H15BrClN3O2S. The number of rotatable bonds is 4. The largest absolute Gasteiger partial charge is 0.482 e. The van der Waals surface area contributed by atoms with Crippen LogP contribution in [0.4, 0.5) is 0 Å². The van der Waals surface area contributed by atoms with Gasteiger partial charge in [-0.3, -0.25) is 15.6 Å². The van der Waals surface area contributed by atoms with E-state index < -0.39 is 0 Å². The maximum absolute atomic E-state index is 11.6. The molecule has 0 bridgehead atoms. The van der Waals surface area contributed by atoms with Gasteiger partial charge in [0.2, 0.25) is 0 Å². The van der Waals surface area contributed by atoms with Crippen molar-refractivity contribution in [3.05, 3.63) is 27.2 Å². The zero-order chi connectivity index (χ0) is 15.1. The van der Waals surface area contributed by atoms with Crippen LogP contribution in [0, 0.1) is 6.92 Å². The number of benzene rings is 1. The molecule has 20 heavy (non-hydrogen) atoms. The fraction of sp³-hybridized carbons (Fsp3) is 0.333. The highest BCUT2D eigenvalue weighted by Crippen LogP contribution is 2.31. The molecule has 0 aliphatic heterocycles. The molecule has 1 amide bonds. The lowest BCUT2D eigenvalue weighted by Gasteiger charge is -2.13. The summed E-state index contributed by atoms with van der Waals surface area (Å²) in [6.07, 6.45) is 0. The van der Waals surface area contributed by atoms with E-state index in [1.807, 2.05) is 19.9 Å². The number of hydrogen-bond acceptors (Lipinski definition) is 3. The highest BCUT2D eigenvalue weighted by molar-refractivity contribution is 9.10. The average Bonchev–Trinajstić information content (AvgIpc) is 2.35. The van der Waals surface area contributed by atoms with Crippen molar-refractivity contribution in [3.8, 4) is 5.75 Å². The minimum absolute atomic E-state index is 0.163. The predicted octanol–water partition coefficient (Wildman–Crippen LogP) is 2.30. The second-order valence-electron chi connectivity index (χ2n) is 3.85. The molecule has 0 aliphatic carbocycles. The first-order valence-electron chi connectivity index (χ1n) is 5.85. The summed E-state index contributed by atoms with van der Waals surface area (Å²) in [6.45, 7) is 4.26. The molecule has 0 unspecified atom stereocenters. The molecule has 1 rings (SSSR count). The molecule has 1 aromatic rings. The van der Waals surface area contributed by atoms with Crippen molar-refractivity contribution in [2.45, 2.75) is 13.8 Å². The highest BCUT2D eigenvalue weighted by Gasteiger charge is 2.10. The Labute approximate surface area is 136 Å². The third-order valence-corrected chi connectivity index (χ3v) is 3.18. The number of hydrogen-bond donors (Lipinski definition) is 3. The number of hydrazine groups is 1. The van der Waals surface area contributed by atoms with Gasteiger partial charge in [0.25, 0.3) is 5.91 Å². The molecule has 0 saturated carbocycles. The summed E-state index contributed by atoms with van der Waals surface area (Å²) < 4.78 is 6.26. The molecule has 0 heterocycles. The third kappa shape index (κ3) is 5.52. The van der Waals surface area contributed by atoms with E-state index in [0.29, 0.717) is 22.4 Å². The minimum Gasteiger partial charge on any atom is -0.482 e.